The number of nitrogens with one attached hydrogen (secondary N) is 1. The summed E-state index contributed by atoms with van der Waals surface area (Å²) in [5.41, 5.74) is 0. The molecule has 0 atom stereocenters. The molecule has 0 saturated heterocycles. The highest BCUT2D eigenvalue weighted by atomic mass is 79.9. The number of rotatable bonds is 5. The molecule has 0 radical (unpaired) electrons. The zero-order valence-electron chi connectivity index (χ0n) is 9.28. The molecule has 4 nitrogen and oxygen atoms in total. The largest absolute Gasteiger partial charge is 0.311 e. The van der Waals surface area contributed by atoms with Crippen molar-refractivity contribution in [2.45, 2.75) is 13.0 Å². The van der Waals surface area contributed by atoms with E-state index in [-0.39, 0.29) is 0 Å². The Morgan fingerprint density at radius 2 is 2.41 bits per heavy atom. The van der Waals surface area contributed by atoms with Crippen LogP contribution in [0.3, 0.4) is 0 Å². The molecular formula is C10H12BrClN4S. The van der Waals surface area contributed by atoms with Gasteiger partial charge in [0, 0.05) is 35.9 Å². The number of halogens is 2. The Morgan fingerprint density at radius 1 is 1.59 bits per heavy atom. The molecule has 2 aromatic rings. The standard InChI is InChI=1S/C10H12BrClN4S/c1-16-6-14-9(15-16)2-3-13-5-7-4-8(11)10(12)17-7/h4,6,13H,2-3,5H2,1H3. The predicted molar refractivity (Wildman–Crippen MR) is 73.4 cm³/mol. The molecule has 0 unspecified atom stereocenters. The van der Waals surface area contributed by atoms with Crippen molar-refractivity contribution in [2.75, 3.05) is 6.54 Å². The van der Waals surface area contributed by atoms with E-state index < -0.39 is 0 Å². The van der Waals surface area contributed by atoms with Crippen molar-refractivity contribution in [3.8, 4) is 0 Å². The van der Waals surface area contributed by atoms with E-state index in [0.717, 1.165) is 34.1 Å². The molecular weight excluding hydrogens is 324 g/mol. The summed E-state index contributed by atoms with van der Waals surface area (Å²) in [7, 11) is 1.87. The summed E-state index contributed by atoms with van der Waals surface area (Å²) in [6, 6.07) is 2.04. The van der Waals surface area contributed by atoms with Crippen LogP contribution in [-0.4, -0.2) is 21.3 Å². The van der Waals surface area contributed by atoms with E-state index in [2.05, 4.69) is 31.3 Å². The summed E-state index contributed by atoms with van der Waals surface area (Å²) >= 11 is 10.9. The lowest BCUT2D eigenvalue weighted by Gasteiger charge is -1.99. The zero-order valence-corrected chi connectivity index (χ0v) is 12.4. The van der Waals surface area contributed by atoms with Gasteiger partial charge < -0.3 is 5.32 Å². The van der Waals surface area contributed by atoms with Crippen LogP contribution in [0.1, 0.15) is 10.7 Å². The number of aromatic nitrogens is 3. The third-order valence-electron chi connectivity index (χ3n) is 2.17. The molecule has 0 spiro atoms. The fraction of sp³-hybridized carbons (Fsp3) is 0.400. The Bertz CT molecular complexity index is 477. The Morgan fingerprint density at radius 3 is 3.00 bits per heavy atom. The van der Waals surface area contributed by atoms with Crippen LogP contribution in [0.5, 0.6) is 0 Å². The van der Waals surface area contributed by atoms with Crippen molar-refractivity contribution in [3.63, 3.8) is 0 Å². The van der Waals surface area contributed by atoms with Gasteiger partial charge in [-0.2, -0.15) is 5.10 Å². The molecule has 7 heteroatoms. The average Bonchev–Trinajstić information content (AvgIpc) is 2.82. The lowest BCUT2D eigenvalue weighted by molar-refractivity contribution is 0.665. The molecule has 17 heavy (non-hydrogen) atoms. The second-order valence-corrected chi connectivity index (χ2v) is 6.19. The van der Waals surface area contributed by atoms with Gasteiger partial charge in [-0.1, -0.05) is 11.6 Å². The number of hydrogen-bond donors (Lipinski definition) is 1. The second kappa shape index (κ2) is 5.95. The molecule has 0 aliphatic carbocycles. The van der Waals surface area contributed by atoms with Crippen LogP contribution in [-0.2, 0) is 20.0 Å². The van der Waals surface area contributed by atoms with Crippen molar-refractivity contribution >= 4 is 38.9 Å². The van der Waals surface area contributed by atoms with Crippen LogP contribution < -0.4 is 5.32 Å². The fourth-order valence-corrected chi connectivity index (χ4v) is 3.15. The lowest BCUT2D eigenvalue weighted by atomic mass is 10.4. The minimum absolute atomic E-state index is 0.799. The number of hydrogen-bond acceptors (Lipinski definition) is 4. The first-order chi connectivity index (χ1) is 8.15. The molecule has 0 saturated carbocycles. The van der Waals surface area contributed by atoms with Gasteiger partial charge in [-0.05, 0) is 22.0 Å². The Hall–Kier alpha value is -0.430. The molecule has 0 aliphatic heterocycles. The zero-order chi connectivity index (χ0) is 12.3. The number of thiophene rings is 1. The maximum Gasteiger partial charge on any atom is 0.151 e. The fourth-order valence-electron chi connectivity index (χ4n) is 1.39. The summed E-state index contributed by atoms with van der Waals surface area (Å²) in [5, 5.41) is 7.55. The molecule has 2 rings (SSSR count). The van der Waals surface area contributed by atoms with Crippen LogP contribution >= 0.6 is 38.9 Å². The van der Waals surface area contributed by atoms with E-state index in [9.17, 15) is 0 Å². The van der Waals surface area contributed by atoms with Crippen LogP contribution in [0.2, 0.25) is 4.34 Å². The van der Waals surface area contributed by atoms with Gasteiger partial charge in [0.2, 0.25) is 0 Å². The topological polar surface area (TPSA) is 42.7 Å². The molecule has 0 fully saturated rings. The van der Waals surface area contributed by atoms with E-state index >= 15 is 0 Å². The van der Waals surface area contributed by atoms with E-state index in [1.807, 2.05) is 13.1 Å². The monoisotopic (exact) mass is 334 g/mol. The van der Waals surface area contributed by atoms with Crippen LogP contribution in [0.15, 0.2) is 16.9 Å². The molecule has 2 aromatic heterocycles. The van der Waals surface area contributed by atoms with Crippen molar-refractivity contribution in [1.82, 2.24) is 20.1 Å². The molecule has 1 N–H and O–H groups in total. The van der Waals surface area contributed by atoms with Gasteiger partial charge in [-0.15, -0.1) is 11.3 Å². The van der Waals surface area contributed by atoms with Gasteiger partial charge in [0.1, 0.15) is 10.7 Å². The summed E-state index contributed by atoms with van der Waals surface area (Å²) in [4.78, 5) is 5.38. The first-order valence-corrected chi connectivity index (χ1v) is 7.13. The lowest BCUT2D eigenvalue weighted by Crippen LogP contribution is -2.16. The molecule has 0 amide bonds. The summed E-state index contributed by atoms with van der Waals surface area (Å²) < 4.78 is 3.48. The smallest absolute Gasteiger partial charge is 0.151 e. The third-order valence-corrected chi connectivity index (χ3v) is 4.64. The van der Waals surface area contributed by atoms with E-state index in [1.165, 1.54) is 4.88 Å². The van der Waals surface area contributed by atoms with E-state index in [0.29, 0.717) is 0 Å². The van der Waals surface area contributed by atoms with Crippen molar-refractivity contribution in [2.24, 2.45) is 7.05 Å². The quantitative estimate of drug-likeness (QED) is 0.854. The van der Waals surface area contributed by atoms with Gasteiger partial charge in [0.05, 0.1) is 0 Å². The Balaban J connectivity index is 1.73. The first-order valence-electron chi connectivity index (χ1n) is 5.14. The van der Waals surface area contributed by atoms with Gasteiger partial charge in [-0.3, -0.25) is 4.68 Å². The van der Waals surface area contributed by atoms with Crippen molar-refractivity contribution in [1.29, 1.82) is 0 Å². The molecule has 2 heterocycles. The van der Waals surface area contributed by atoms with Crippen LogP contribution in [0, 0.1) is 0 Å². The molecule has 0 aliphatic rings. The predicted octanol–water partition coefficient (Wildman–Crippen LogP) is 2.62. The molecule has 0 bridgehead atoms. The SMILES string of the molecule is Cn1cnc(CCNCc2cc(Br)c(Cl)s2)n1. The molecule has 0 aromatic carbocycles. The third kappa shape index (κ3) is 3.77. The molecule has 92 valence electrons. The van der Waals surface area contributed by atoms with E-state index in [4.69, 9.17) is 11.6 Å². The van der Waals surface area contributed by atoms with Gasteiger partial charge in [0.25, 0.3) is 0 Å². The normalized spacial score (nSPS) is 11.0. The Kier molecular flexibility index (Phi) is 4.55. The van der Waals surface area contributed by atoms with Crippen molar-refractivity contribution in [3.05, 3.63) is 31.9 Å². The highest BCUT2D eigenvalue weighted by molar-refractivity contribution is 9.10. The maximum atomic E-state index is 5.96. The van der Waals surface area contributed by atoms with Gasteiger partial charge in [0.15, 0.2) is 5.82 Å². The van der Waals surface area contributed by atoms with Crippen LogP contribution in [0.25, 0.3) is 0 Å². The summed E-state index contributed by atoms with van der Waals surface area (Å²) in [6.45, 7) is 1.68. The minimum Gasteiger partial charge on any atom is -0.311 e. The average molecular weight is 336 g/mol. The van der Waals surface area contributed by atoms with Crippen molar-refractivity contribution < 1.29 is 0 Å². The maximum absolute atomic E-state index is 5.96. The number of nitrogens with zero attached hydrogens (tertiary/aromatic N) is 3. The minimum atomic E-state index is 0.799. The van der Waals surface area contributed by atoms with Crippen LogP contribution in [0.4, 0.5) is 0 Å². The van der Waals surface area contributed by atoms with E-state index in [1.54, 1.807) is 22.3 Å². The summed E-state index contributed by atoms with van der Waals surface area (Å²) in [5.74, 6) is 0.866. The number of aryl methyl sites for hydroxylation is 1. The second-order valence-electron chi connectivity index (χ2n) is 3.60. The summed E-state index contributed by atoms with van der Waals surface area (Å²) in [6.07, 6.45) is 2.55. The Labute approximate surface area is 117 Å². The first kappa shape index (κ1) is 13.0. The highest BCUT2D eigenvalue weighted by Crippen LogP contribution is 2.31. The van der Waals surface area contributed by atoms with Gasteiger partial charge in [-0.25, -0.2) is 4.98 Å². The van der Waals surface area contributed by atoms with Gasteiger partial charge >= 0.3 is 0 Å². The highest BCUT2D eigenvalue weighted by Gasteiger charge is 2.04.